The molecule has 2 amide bonds. The zero-order chi connectivity index (χ0) is 22.9. The topological polar surface area (TPSA) is 62.3 Å². The first-order valence-electron chi connectivity index (χ1n) is 11.1. The minimum absolute atomic E-state index is 0.0692. The first-order chi connectivity index (χ1) is 15.3. The van der Waals surface area contributed by atoms with Gasteiger partial charge in [-0.25, -0.2) is 0 Å². The number of pyridine rings is 1. The van der Waals surface area contributed by atoms with Crippen molar-refractivity contribution in [1.82, 2.24) is 9.88 Å². The molecule has 2 heterocycles. The molecule has 4 rings (SSSR count). The van der Waals surface area contributed by atoms with E-state index < -0.39 is 0 Å². The van der Waals surface area contributed by atoms with Crippen LogP contribution >= 0.6 is 0 Å². The second-order valence-corrected chi connectivity index (χ2v) is 9.20. The number of aryl methyl sites for hydroxylation is 1. The Bertz CT molecular complexity index is 1150. The zero-order valence-electron chi connectivity index (χ0n) is 19.1. The second kappa shape index (κ2) is 8.58. The minimum atomic E-state index is -0.238. The van der Waals surface area contributed by atoms with E-state index in [0.717, 1.165) is 16.8 Å². The van der Waals surface area contributed by atoms with E-state index in [1.807, 2.05) is 43.3 Å². The van der Waals surface area contributed by atoms with Crippen LogP contribution in [0, 0.1) is 0 Å². The summed E-state index contributed by atoms with van der Waals surface area (Å²) in [4.78, 5) is 32.1. The summed E-state index contributed by atoms with van der Waals surface area (Å²) in [5, 5.41) is 3.37. The summed E-state index contributed by atoms with van der Waals surface area (Å²) in [6, 6.07) is 15.9. The van der Waals surface area contributed by atoms with Gasteiger partial charge in [-0.05, 0) is 59.2 Å². The molecule has 0 bridgehead atoms. The van der Waals surface area contributed by atoms with Crippen molar-refractivity contribution in [2.45, 2.75) is 46.0 Å². The van der Waals surface area contributed by atoms with Gasteiger partial charge in [0.25, 0.3) is 11.8 Å². The molecule has 0 atom stereocenters. The maximum Gasteiger partial charge on any atom is 0.263 e. The number of imide groups is 1. The third-order valence-electron chi connectivity index (χ3n) is 5.97. The average molecular weight is 428 g/mol. The third kappa shape index (κ3) is 4.15. The summed E-state index contributed by atoms with van der Waals surface area (Å²) in [7, 11) is 0. The quantitative estimate of drug-likeness (QED) is 0.526. The normalized spacial score (nSPS) is 13.4. The van der Waals surface area contributed by atoms with Crippen LogP contribution in [0.3, 0.4) is 0 Å². The highest BCUT2D eigenvalue weighted by Gasteiger charge is 2.39. The highest BCUT2D eigenvalue weighted by atomic mass is 16.2. The van der Waals surface area contributed by atoms with Crippen LogP contribution in [0.1, 0.15) is 65.1 Å². The summed E-state index contributed by atoms with van der Waals surface area (Å²) in [5.74, 6) is -0.449. The lowest BCUT2D eigenvalue weighted by molar-refractivity contribution is 0.0656. The predicted molar refractivity (Wildman–Crippen MR) is 128 cm³/mol. The lowest BCUT2D eigenvalue weighted by Crippen LogP contribution is -2.32. The van der Waals surface area contributed by atoms with Crippen LogP contribution < -0.4 is 5.32 Å². The van der Waals surface area contributed by atoms with Gasteiger partial charge in [-0.15, -0.1) is 0 Å². The summed E-state index contributed by atoms with van der Waals surface area (Å²) < 4.78 is 0. The Kier molecular flexibility index (Phi) is 5.83. The SMILES string of the molecule is CCc1ccc(Nc2ccc(C(C)(C)C)cc2)c2c1C(=O)N(CCc1cccnc1)C2=O. The number of hydrogen-bond acceptors (Lipinski definition) is 4. The van der Waals surface area contributed by atoms with Crippen LogP contribution in [0.25, 0.3) is 0 Å². The Labute approximate surface area is 189 Å². The summed E-state index contributed by atoms with van der Waals surface area (Å²) in [5.41, 5.74) is 5.76. The van der Waals surface area contributed by atoms with Crippen molar-refractivity contribution >= 4 is 23.2 Å². The van der Waals surface area contributed by atoms with Crippen molar-refractivity contribution in [3.8, 4) is 0 Å². The molecule has 0 fully saturated rings. The van der Waals surface area contributed by atoms with Crippen LogP contribution in [-0.4, -0.2) is 28.2 Å². The van der Waals surface area contributed by atoms with Gasteiger partial charge in [0.15, 0.2) is 0 Å². The summed E-state index contributed by atoms with van der Waals surface area (Å²) in [6.45, 7) is 8.87. The van der Waals surface area contributed by atoms with Gasteiger partial charge in [0.05, 0.1) is 16.8 Å². The molecule has 0 aliphatic carbocycles. The van der Waals surface area contributed by atoms with E-state index in [-0.39, 0.29) is 17.2 Å². The zero-order valence-corrected chi connectivity index (χ0v) is 19.1. The van der Waals surface area contributed by atoms with Crippen molar-refractivity contribution in [2.24, 2.45) is 0 Å². The fraction of sp³-hybridized carbons (Fsp3) is 0.296. The van der Waals surface area contributed by atoms with Gasteiger partial charge in [-0.2, -0.15) is 0 Å². The molecule has 164 valence electrons. The van der Waals surface area contributed by atoms with Crippen molar-refractivity contribution in [1.29, 1.82) is 0 Å². The maximum absolute atomic E-state index is 13.3. The number of benzene rings is 2. The van der Waals surface area contributed by atoms with Crippen LogP contribution in [-0.2, 0) is 18.3 Å². The molecule has 3 aromatic rings. The van der Waals surface area contributed by atoms with E-state index in [9.17, 15) is 9.59 Å². The molecular weight excluding hydrogens is 398 g/mol. The van der Waals surface area contributed by atoms with Gasteiger partial charge < -0.3 is 5.32 Å². The fourth-order valence-electron chi connectivity index (χ4n) is 4.07. The number of nitrogens with zero attached hydrogens (tertiary/aromatic N) is 2. The Hall–Kier alpha value is -3.47. The first kappa shape index (κ1) is 21.8. The average Bonchev–Trinajstić information content (AvgIpc) is 3.03. The van der Waals surface area contributed by atoms with E-state index >= 15 is 0 Å². The molecule has 5 heteroatoms. The molecule has 0 radical (unpaired) electrons. The highest BCUT2D eigenvalue weighted by Crippen LogP contribution is 2.34. The Morgan fingerprint density at radius 1 is 0.938 bits per heavy atom. The van der Waals surface area contributed by atoms with Crippen LogP contribution in [0.4, 0.5) is 11.4 Å². The number of aromatic nitrogens is 1. The predicted octanol–water partition coefficient (Wildman–Crippen LogP) is 5.52. The van der Waals surface area contributed by atoms with E-state index in [2.05, 4.69) is 43.2 Å². The van der Waals surface area contributed by atoms with Gasteiger partial charge >= 0.3 is 0 Å². The van der Waals surface area contributed by atoms with Gasteiger partial charge in [-0.1, -0.05) is 52.0 Å². The van der Waals surface area contributed by atoms with E-state index in [1.165, 1.54) is 10.5 Å². The van der Waals surface area contributed by atoms with Crippen molar-refractivity contribution in [2.75, 3.05) is 11.9 Å². The van der Waals surface area contributed by atoms with Crippen LogP contribution in [0.5, 0.6) is 0 Å². The van der Waals surface area contributed by atoms with Crippen molar-refractivity contribution < 1.29 is 9.59 Å². The molecule has 1 aliphatic heterocycles. The largest absolute Gasteiger partial charge is 0.355 e. The number of amides is 2. The van der Waals surface area contributed by atoms with Crippen molar-refractivity contribution in [3.05, 3.63) is 88.7 Å². The highest BCUT2D eigenvalue weighted by molar-refractivity contribution is 6.24. The number of carbonyl (C=O) groups is 2. The van der Waals surface area contributed by atoms with Gasteiger partial charge in [0.1, 0.15) is 0 Å². The smallest absolute Gasteiger partial charge is 0.263 e. The number of carbonyl (C=O) groups excluding carboxylic acids is 2. The molecule has 0 saturated carbocycles. The number of nitrogens with one attached hydrogen (secondary N) is 1. The Morgan fingerprint density at radius 2 is 1.66 bits per heavy atom. The Balaban J connectivity index is 1.63. The molecule has 0 unspecified atom stereocenters. The van der Waals surface area contributed by atoms with Crippen LogP contribution in [0.15, 0.2) is 60.9 Å². The molecule has 1 aromatic heterocycles. The number of fused-ring (bicyclic) bond motifs is 1. The first-order valence-corrected chi connectivity index (χ1v) is 11.1. The molecule has 5 nitrogen and oxygen atoms in total. The third-order valence-corrected chi connectivity index (χ3v) is 5.97. The maximum atomic E-state index is 13.3. The van der Waals surface area contributed by atoms with E-state index in [0.29, 0.717) is 36.2 Å². The fourth-order valence-corrected chi connectivity index (χ4v) is 4.07. The molecule has 2 aromatic carbocycles. The summed E-state index contributed by atoms with van der Waals surface area (Å²) >= 11 is 0. The number of hydrogen-bond donors (Lipinski definition) is 1. The number of rotatable bonds is 6. The van der Waals surface area contributed by atoms with E-state index in [4.69, 9.17) is 0 Å². The minimum Gasteiger partial charge on any atom is -0.355 e. The lowest BCUT2D eigenvalue weighted by atomic mass is 9.87. The molecule has 0 spiro atoms. The summed E-state index contributed by atoms with van der Waals surface area (Å²) in [6.07, 6.45) is 4.75. The van der Waals surface area contributed by atoms with Crippen LogP contribution in [0.2, 0.25) is 0 Å². The van der Waals surface area contributed by atoms with Crippen molar-refractivity contribution in [3.63, 3.8) is 0 Å². The second-order valence-electron chi connectivity index (χ2n) is 9.20. The lowest BCUT2D eigenvalue weighted by Gasteiger charge is -2.19. The monoisotopic (exact) mass is 427 g/mol. The standard InChI is InChI=1S/C27H29N3O2/c1-5-19-8-13-22(29-21-11-9-20(10-12-21)27(2,3)4)24-23(19)25(31)30(26(24)32)16-14-18-7-6-15-28-17-18/h6-13,15,17,29H,5,14,16H2,1-4H3. The van der Waals surface area contributed by atoms with E-state index in [1.54, 1.807) is 12.4 Å². The van der Waals surface area contributed by atoms with Gasteiger partial charge in [0, 0.05) is 24.6 Å². The van der Waals surface area contributed by atoms with Gasteiger partial charge in [0.2, 0.25) is 0 Å². The number of anilines is 2. The molecule has 0 saturated heterocycles. The Morgan fingerprint density at radius 3 is 2.28 bits per heavy atom. The molecule has 1 aliphatic rings. The molecule has 32 heavy (non-hydrogen) atoms. The van der Waals surface area contributed by atoms with Gasteiger partial charge in [-0.3, -0.25) is 19.5 Å². The molecule has 1 N–H and O–H groups in total. The molecular formula is C27H29N3O2.